The molecule has 156 valence electrons. The topological polar surface area (TPSA) is 47.9 Å². The molecule has 0 bridgehead atoms. The minimum absolute atomic E-state index is 0.111. The number of phenolic OH excluding ortho intramolecular Hbond substituents is 1. The SMILES string of the molecule is CC(C)=CCc1c(O)c(C)cc2c1O[C@H]1c3cc4c(cc3OC[C@@H]21)OC(C)(C)C=C4. The summed E-state index contributed by atoms with van der Waals surface area (Å²) >= 11 is 0. The first-order chi connectivity index (χ1) is 14.2. The van der Waals surface area contributed by atoms with Crippen LogP contribution in [0.3, 0.4) is 0 Å². The van der Waals surface area contributed by atoms with Gasteiger partial charge in [-0.2, -0.15) is 0 Å². The Bertz CT molecular complexity index is 1100. The van der Waals surface area contributed by atoms with E-state index in [2.05, 4.69) is 44.2 Å². The smallest absolute Gasteiger partial charge is 0.138 e. The molecule has 0 radical (unpaired) electrons. The Morgan fingerprint density at radius 1 is 1.17 bits per heavy atom. The molecule has 4 nitrogen and oxygen atoms in total. The van der Waals surface area contributed by atoms with Gasteiger partial charge in [0, 0.05) is 28.3 Å². The van der Waals surface area contributed by atoms with Crippen LogP contribution in [0.25, 0.3) is 6.08 Å². The first-order valence-corrected chi connectivity index (χ1v) is 10.6. The summed E-state index contributed by atoms with van der Waals surface area (Å²) in [5.74, 6) is 2.91. The van der Waals surface area contributed by atoms with E-state index >= 15 is 0 Å². The molecule has 3 heterocycles. The van der Waals surface area contributed by atoms with Gasteiger partial charge in [-0.25, -0.2) is 0 Å². The molecule has 3 aliphatic heterocycles. The van der Waals surface area contributed by atoms with E-state index in [9.17, 15) is 5.11 Å². The molecule has 1 N–H and O–H groups in total. The van der Waals surface area contributed by atoms with Gasteiger partial charge in [-0.1, -0.05) is 17.7 Å². The molecular weight excluding hydrogens is 376 g/mol. The summed E-state index contributed by atoms with van der Waals surface area (Å²) < 4.78 is 18.8. The second-order valence-corrected chi connectivity index (χ2v) is 9.35. The van der Waals surface area contributed by atoms with Gasteiger partial charge >= 0.3 is 0 Å². The zero-order valence-electron chi connectivity index (χ0n) is 18.2. The van der Waals surface area contributed by atoms with Crippen LogP contribution in [0.1, 0.15) is 67.5 Å². The van der Waals surface area contributed by atoms with E-state index in [1.807, 2.05) is 26.8 Å². The molecule has 0 aromatic heterocycles. The fourth-order valence-electron chi connectivity index (χ4n) is 4.58. The number of aryl methyl sites for hydroxylation is 1. The van der Waals surface area contributed by atoms with Crippen molar-refractivity contribution in [3.8, 4) is 23.0 Å². The van der Waals surface area contributed by atoms with Crippen LogP contribution < -0.4 is 14.2 Å². The molecule has 0 fully saturated rings. The van der Waals surface area contributed by atoms with E-state index in [-0.39, 0.29) is 17.6 Å². The highest BCUT2D eigenvalue weighted by Crippen LogP contribution is 2.55. The van der Waals surface area contributed by atoms with Crippen LogP contribution in [0.5, 0.6) is 23.0 Å². The fourth-order valence-corrected chi connectivity index (χ4v) is 4.58. The third-order valence-electron chi connectivity index (χ3n) is 6.20. The van der Waals surface area contributed by atoms with Crippen molar-refractivity contribution in [1.29, 1.82) is 0 Å². The van der Waals surface area contributed by atoms with Crippen molar-refractivity contribution in [2.75, 3.05) is 6.61 Å². The second kappa shape index (κ2) is 6.56. The van der Waals surface area contributed by atoms with Gasteiger partial charge in [0.25, 0.3) is 0 Å². The molecule has 30 heavy (non-hydrogen) atoms. The Morgan fingerprint density at radius 3 is 2.73 bits per heavy atom. The summed E-state index contributed by atoms with van der Waals surface area (Å²) in [4.78, 5) is 0. The highest BCUT2D eigenvalue weighted by molar-refractivity contribution is 5.66. The lowest BCUT2D eigenvalue weighted by Gasteiger charge is -2.32. The molecule has 5 rings (SSSR count). The van der Waals surface area contributed by atoms with Crippen LogP contribution >= 0.6 is 0 Å². The Kier molecular flexibility index (Phi) is 4.18. The molecule has 2 atom stereocenters. The molecule has 0 amide bonds. The van der Waals surface area contributed by atoms with E-state index in [1.54, 1.807) is 0 Å². The van der Waals surface area contributed by atoms with Gasteiger partial charge in [-0.3, -0.25) is 0 Å². The zero-order valence-corrected chi connectivity index (χ0v) is 18.2. The minimum Gasteiger partial charge on any atom is -0.507 e. The maximum Gasteiger partial charge on any atom is 0.138 e. The summed E-state index contributed by atoms with van der Waals surface area (Å²) in [5, 5.41) is 10.7. The lowest BCUT2D eigenvalue weighted by Crippen LogP contribution is -2.28. The lowest BCUT2D eigenvalue weighted by molar-refractivity contribution is 0.134. The van der Waals surface area contributed by atoms with Crippen LogP contribution in [0.4, 0.5) is 0 Å². The predicted molar refractivity (Wildman–Crippen MR) is 118 cm³/mol. The Labute approximate surface area is 177 Å². The van der Waals surface area contributed by atoms with Crippen molar-refractivity contribution in [3.05, 3.63) is 63.7 Å². The van der Waals surface area contributed by atoms with Gasteiger partial charge in [0.2, 0.25) is 0 Å². The van der Waals surface area contributed by atoms with E-state index < -0.39 is 0 Å². The molecular formula is C26H28O4. The summed E-state index contributed by atoms with van der Waals surface area (Å²) in [7, 11) is 0. The molecule has 0 saturated heterocycles. The third-order valence-corrected chi connectivity index (χ3v) is 6.20. The van der Waals surface area contributed by atoms with Gasteiger partial charge in [0.05, 0.1) is 12.5 Å². The number of hydrogen-bond acceptors (Lipinski definition) is 4. The molecule has 0 aliphatic carbocycles. The quantitative estimate of drug-likeness (QED) is 0.623. The van der Waals surface area contributed by atoms with Gasteiger partial charge < -0.3 is 19.3 Å². The van der Waals surface area contributed by atoms with Gasteiger partial charge in [-0.15, -0.1) is 0 Å². The normalized spacial score (nSPS) is 21.9. The first kappa shape index (κ1) is 19.1. The minimum atomic E-state index is -0.326. The van der Waals surface area contributed by atoms with Crippen molar-refractivity contribution < 1.29 is 19.3 Å². The lowest BCUT2D eigenvalue weighted by atomic mass is 9.86. The molecule has 0 saturated carbocycles. The number of fused-ring (bicyclic) bond motifs is 6. The van der Waals surface area contributed by atoms with Crippen LogP contribution in [0.2, 0.25) is 0 Å². The predicted octanol–water partition coefficient (Wildman–Crippen LogP) is 6.00. The largest absolute Gasteiger partial charge is 0.507 e. The summed E-state index contributed by atoms with van der Waals surface area (Å²) in [5.41, 5.74) is 5.85. The van der Waals surface area contributed by atoms with E-state index in [1.165, 1.54) is 5.57 Å². The van der Waals surface area contributed by atoms with Gasteiger partial charge in [0.1, 0.15) is 34.7 Å². The number of hydrogen-bond donors (Lipinski definition) is 1. The first-order valence-electron chi connectivity index (χ1n) is 10.6. The van der Waals surface area contributed by atoms with Crippen LogP contribution in [-0.2, 0) is 6.42 Å². The zero-order chi connectivity index (χ0) is 21.2. The van der Waals surface area contributed by atoms with Crippen molar-refractivity contribution in [1.82, 2.24) is 0 Å². The van der Waals surface area contributed by atoms with Crippen molar-refractivity contribution >= 4 is 6.08 Å². The Morgan fingerprint density at radius 2 is 1.97 bits per heavy atom. The molecule has 4 heteroatoms. The van der Waals surface area contributed by atoms with Crippen molar-refractivity contribution in [3.63, 3.8) is 0 Å². The maximum absolute atomic E-state index is 10.7. The Hall–Kier alpha value is -2.88. The fraction of sp³-hybridized carbons (Fsp3) is 0.385. The average Bonchev–Trinajstić information content (AvgIpc) is 3.04. The molecule has 3 aliphatic rings. The summed E-state index contributed by atoms with van der Waals surface area (Å²) in [6.07, 6.45) is 6.85. The second-order valence-electron chi connectivity index (χ2n) is 9.35. The molecule has 2 aromatic carbocycles. The summed E-state index contributed by atoms with van der Waals surface area (Å²) in [6, 6.07) is 6.17. The Balaban J connectivity index is 1.58. The molecule has 0 unspecified atom stereocenters. The highest BCUT2D eigenvalue weighted by Gasteiger charge is 2.43. The number of ether oxygens (including phenoxy) is 3. The number of aromatic hydroxyl groups is 1. The monoisotopic (exact) mass is 404 g/mol. The van der Waals surface area contributed by atoms with E-state index in [4.69, 9.17) is 14.2 Å². The average molecular weight is 405 g/mol. The van der Waals surface area contributed by atoms with Gasteiger partial charge in [0.15, 0.2) is 0 Å². The molecule has 2 aromatic rings. The third kappa shape index (κ3) is 2.97. The van der Waals surface area contributed by atoms with Crippen molar-refractivity contribution in [2.45, 2.75) is 58.7 Å². The standard InChI is InChI=1S/C26H28O4/c1-14(2)6-7-17-23(27)15(3)10-18-20-13-28-22-12-21-16(8-9-26(4,5)30-21)11-19(22)25(20)29-24(17)18/h6,8-12,20,25,27H,7,13H2,1-5H3/t20-,25-/m0/s1. The highest BCUT2D eigenvalue weighted by atomic mass is 16.5. The van der Waals surface area contributed by atoms with Gasteiger partial charge in [-0.05, 0) is 64.8 Å². The molecule has 0 spiro atoms. The van der Waals surface area contributed by atoms with Crippen LogP contribution in [0, 0.1) is 6.92 Å². The number of phenols is 1. The number of benzene rings is 2. The number of allylic oxidation sites excluding steroid dienone is 2. The van der Waals surface area contributed by atoms with Crippen LogP contribution in [-0.4, -0.2) is 17.3 Å². The van der Waals surface area contributed by atoms with E-state index in [0.29, 0.717) is 18.8 Å². The number of rotatable bonds is 2. The van der Waals surface area contributed by atoms with E-state index in [0.717, 1.165) is 45.1 Å². The maximum atomic E-state index is 10.7. The summed E-state index contributed by atoms with van der Waals surface area (Å²) in [6.45, 7) is 10.7. The van der Waals surface area contributed by atoms with Crippen LogP contribution in [0.15, 0.2) is 35.9 Å². The van der Waals surface area contributed by atoms with Crippen molar-refractivity contribution in [2.24, 2.45) is 0 Å².